The number of anilines is 1. The predicted octanol–water partition coefficient (Wildman–Crippen LogP) is 4.05. The topological polar surface area (TPSA) is 55.5 Å². The van der Waals surface area contributed by atoms with Crippen molar-refractivity contribution < 1.29 is 9.53 Å². The number of rotatable bonds is 5. The van der Waals surface area contributed by atoms with Gasteiger partial charge in [-0.2, -0.15) is 0 Å². The molecular formula is C23H27NO2Si. The lowest BCUT2D eigenvalue weighted by atomic mass is 10.2. The van der Waals surface area contributed by atoms with E-state index in [0.717, 1.165) is 5.56 Å². The fourth-order valence-electron chi connectivity index (χ4n) is 3.65. The summed E-state index contributed by atoms with van der Waals surface area (Å²) in [5.74, 6) is 0.101. The van der Waals surface area contributed by atoms with Gasteiger partial charge in [0.2, 0.25) is 0 Å². The Morgan fingerprint density at radius 3 is 1.81 bits per heavy atom. The van der Waals surface area contributed by atoms with Crippen LogP contribution < -0.4 is 16.1 Å². The number of phenols is 1. The molecule has 140 valence electrons. The maximum Gasteiger partial charge on any atom is 0.261 e. The van der Waals surface area contributed by atoms with Gasteiger partial charge in [0.15, 0.2) is 0 Å². The maximum atomic E-state index is 9.70. The van der Waals surface area contributed by atoms with Gasteiger partial charge in [0.05, 0.1) is 12.3 Å². The van der Waals surface area contributed by atoms with Crippen LogP contribution in [0.4, 0.5) is 5.69 Å². The number of hydrogen-bond donors (Lipinski definition) is 2. The second-order valence-corrected chi connectivity index (χ2v) is 12.2. The lowest BCUT2D eigenvalue weighted by Gasteiger charge is -2.43. The molecule has 0 heterocycles. The fourth-order valence-corrected chi connectivity index (χ4v) is 8.19. The van der Waals surface area contributed by atoms with Crippen molar-refractivity contribution in [3.8, 4) is 5.75 Å². The highest BCUT2D eigenvalue weighted by atomic mass is 28.4. The molecule has 0 aliphatic rings. The van der Waals surface area contributed by atoms with Gasteiger partial charge in [-0.25, -0.2) is 0 Å². The van der Waals surface area contributed by atoms with Crippen LogP contribution in [0.3, 0.4) is 0 Å². The van der Waals surface area contributed by atoms with Crippen LogP contribution >= 0.6 is 0 Å². The average molecular weight is 378 g/mol. The molecule has 3 aromatic carbocycles. The van der Waals surface area contributed by atoms with Crippen LogP contribution in [0.5, 0.6) is 5.75 Å². The fraction of sp³-hybridized carbons (Fsp3) is 0.217. The van der Waals surface area contributed by atoms with Crippen molar-refractivity contribution in [2.45, 2.75) is 32.4 Å². The zero-order valence-electron chi connectivity index (χ0n) is 16.1. The molecule has 0 spiro atoms. The van der Waals surface area contributed by atoms with Crippen LogP contribution in [-0.2, 0) is 11.0 Å². The van der Waals surface area contributed by atoms with Gasteiger partial charge in [-0.3, -0.25) is 0 Å². The Bertz CT molecular complexity index is 850. The van der Waals surface area contributed by atoms with Crippen molar-refractivity contribution in [2.24, 2.45) is 0 Å². The molecule has 0 atom stereocenters. The number of phenolic OH excluding ortho intramolecular Hbond substituents is 1. The van der Waals surface area contributed by atoms with E-state index in [9.17, 15) is 5.11 Å². The first-order chi connectivity index (χ1) is 12.8. The molecule has 0 radical (unpaired) electrons. The Labute approximate surface area is 162 Å². The summed E-state index contributed by atoms with van der Waals surface area (Å²) >= 11 is 0. The number of nitrogens with two attached hydrogens (primary N) is 1. The zero-order valence-corrected chi connectivity index (χ0v) is 17.1. The Morgan fingerprint density at radius 2 is 1.37 bits per heavy atom. The van der Waals surface area contributed by atoms with Crippen molar-refractivity contribution in [1.82, 2.24) is 0 Å². The molecule has 3 nitrogen and oxygen atoms in total. The smallest absolute Gasteiger partial charge is 0.261 e. The third-order valence-corrected chi connectivity index (χ3v) is 9.95. The van der Waals surface area contributed by atoms with Gasteiger partial charge in [-0.1, -0.05) is 87.5 Å². The summed E-state index contributed by atoms with van der Waals surface area (Å²) in [6.45, 7) is 7.21. The van der Waals surface area contributed by atoms with Crippen LogP contribution in [0, 0.1) is 0 Å². The van der Waals surface area contributed by atoms with Crippen molar-refractivity contribution in [3.05, 3.63) is 84.4 Å². The molecule has 3 N–H and O–H groups in total. The summed E-state index contributed by atoms with van der Waals surface area (Å²) < 4.78 is 6.85. The normalized spacial score (nSPS) is 12.1. The molecule has 27 heavy (non-hydrogen) atoms. The van der Waals surface area contributed by atoms with Crippen LogP contribution in [0.15, 0.2) is 78.9 Å². The third kappa shape index (κ3) is 3.77. The molecule has 4 heteroatoms. The molecule has 0 bridgehead atoms. The molecule has 0 amide bonds. The van der Waals surface area contributed by atoms with Gasteiger partial charge in [0, 0.05) is 0 Å². The van der Waals surface area contributed by atoms with Crippen molar-refractivity contribution >= 4 is 24.4 Å². The quantitative estimate of drug-likeness (QED) is 0.401. The monoisotopic (exact) mass is 377 g/mol. The minimum atomic E-state index is -2.57. The van der Waals surface area contributed by atoms with E-state index >= 15 is 0 Å². The summed E-state index contributed by atoms with van der Waals surface area (Å²) in [5, 5.41) is 12.1. The van der Waals surface area contributed by atoms with Crippen LogP contribution in [0.25, 0.3) is 0 Å². The molecule has 0 saturated carbocycles. The lowest BCUT2D eigenvalue weighted by Crippen LogP contribution is -2.66. The SMILES string of the molecule is CC(C)(C)[Si](OCc1ccc(O)c(N)c1)(c1ccccc1)c1ccccc1. The summed E-state index contributed by atoms with van der Waals surface area (Å²) in [4.78, 5) is 0. The van der Waals surface area contributed by atoms with Gasteiger partial charge in [-0.05, 0) is 33.1 Å². The molecule has 0 aliphatic heterocycles. The second kappa shape index (κ2) is 7.59. The van der Waals surface area contributed by atoms with Gasteiger partial charge in [0.25, 0.3) is 8.32 Å². The molecule has 3 aromatic rings. The average Bonchev–Trinajstić information content (AvgIpc) is 2.66. The molecule has 3 rings (SSSR count). The summed E-state index contributed by atoms with van der Waals surface area (Å²) in [6.07, 6.45) is 0. The zero-order chi connectivity index (χ0) is 19.5. The number of benzene rings is 3. The van der Waals surface area contributed by atoms with Crippen molar-refractivity contribution in [1.29, 1.82) is 0 Å². The first-order valence-electron chi connectivity index (χ1n) is 9.17. The van der Waals surface area contributed by atoms with Crippen LogP contribution in [-0.4, -0.2) is 13.4 Å². The lowest BCUT2D eigenvalue weighted by molar-refractivity contribution is 0.286. The van der Waals surface area contributed by atoms with E-state index < -0.39 is 8.32 Å². The van der Waals surface area contributed by atoms with Crippen molar-refractivity contribution in [3.63, 3.8) is 0 Å². The van der Waals surface area contributed by atoms with E-state index in [1.807, 2.05) is 18.2 Å². The first-order valence-corrected chi connectivity index (χ1v) is 11.1. The highest BCUT2D eigenvalue weighted by Crippen LogP contribution is 2.37. The molecule has 0 unspecified atom stereocenters. The standard InChI is InChI=1S/C23H27NO2Si/c1-23(2,3)27(19-10-6-4-7-11-19,20-12-8-5-9-13-20)26-17-18-14-15-22(25)21(24)16-18/h4-16,25H,17,24H2,1-3H3. The van der Waals surface area contributed by atoms with Gasteiger partial charge < -0.3 is 15.3 Å². The van der Waals surface area contributed by atoms with Crippen molar-refractivity contribution in [2.75, 3.05) is 5.73 Å². The third-order valence-electron chi connectivity index (χ3n) is 4.96. The highest BCUT2D eigenvalue weighted by Gasteiger charge is 2.50. The largest absolute Gasteiger partial charge is 0.506 e. The number of aromatic hydroxyl groups is 1. The maximum absolute atomic E-state index is 9.70. The van der Waals surface area contributed by atoms with E-state index in [4.69, 9.17) is 10.2 Å². The highest BCUT2D eigenvalue weighted by molar-refractivity contribution is 6.99. The Hall–Kier alpha value is -2.56. The Kier molecular flexibility index (Phi) is 5.40. The van der Waals surface area contributed by atoms with Gasteiger partial charge >= 0.3 is 0 Å². The van der Waals surface area contributed by atoms with E-state index in [-0.39, 0.29) is 10.8 Å². The minimum absolute atomic E-state index is 0.0713. The van der Waals surface area contributed by atoms with E-state index in [1.54, 1.807) is 12.1 Å². The van der Waals surface area contributed by atoms with Crippen LogP contribution in [0.1, 0.15) is 26.3 Å². The number of hydrogen-bond acceptors (Lipinski definition) is 3. The van der Waals surface area contributed by atoms with Gasteiger partial charge in [-0.15, -0.1) is 0 Å². The van der Waals surface area contributed by atoms with Gasteiger partial charge in [0.1, 0.15) is 5.75 Å². The molecule has 0 saturated heterocycles. The summed E-state index contributed by atoms with van der Waals surface area (Å²) in [7, 11) is -2.57. The molecule has 0 aliphatic carbocycles. The van der Waals surface area contributed by atoms with Crippen LogP contribution in [0.2, 0.25) is 5.04 Å². The summed E-state index contributed by atoms with van der Waals surface area (Å²) in [6, 6.07) is 26.4. The molecule has 0 fully saturated rings. The Balaban J connectivity index is 2.10. The van der Waals surface area contributed by atoms with E-state index in [1.165, 1.54) is 10.4 Å². The Morgan fingerprint density at radius 1 is 0.852 bits per heavy atom. The van der Waals surface area contributed by atoms with E-state index in [2.05, 4.69) is 69.3 Å². The molecular weight excluding hydrogens is 350 g/mol. The molecule has 0 aromatic heterocycles. The predicted molar refractivity (Wildman–Crippen MR) is 115 cm³/mol. The van der Waals surface area contributed by atoms with E-state index in [0.29, 0.717) is 12.3 Å². The second-order valence-electron chi connectivity index (χ2n) is 7.85. The number of nitrogen functional groups attached to an aromatic ring is 1. The minimum Gasteiger partial charge on any atom is -0.506 e. The summed E-state index contributed by atoms with van der Waals surface area (Å²) in [5.41, 5.74) is 7.20. The first kappa shape index (κ1) is 19.2.